The Kier molecular flexibility index (Phi) is 12.6. The molecule has 0 saturated heterocycles. The monoisotopic (exact) mass is 507 g/mol. The average molecular weight is 508 g/mol. The third-order valence-corrected chi connectivity index (χ3v) is 6.00. The molecule has 198 valence electrons. The van der Waals surface area contributed by atoms with Gasteiger partial charge in [0, 0.05) is 18.3 Å². The van der Waals surface area contributed by atoms with Crippen molar-refractivity contribution in [2.45, 2.75) is 105 Å². The van der Waals surface area contributed by atoms with Gasteiger partial charge in [-0.1, -0.05) is 44.4 Å². The minimum atomic E-state index is -0.932. The van der Waals surface area contributed by atoms with Gasteiger partial charge in [0.2, 0.25) is 11.8 Å². The summed E-state index contributed by atoms with van der Waals surface area (Å²) in [6, 6.07) is 3.95. The Morgan fingerprint density at radius 3 is 2.26 bits per heavy atom. The highest BCUT2D eigenvalue weighted by molar-refractivity contribution is 7.80. The lowest BCUT2D eigenvalue weighted by Crippen LogP contribution is -2.54. The van der Waals surface area contributed by atoms with Crippen LogP contribution in [0.4, 0.5) is 4.79 Å². The molecule has 0 aliphatic heterocycles. The molecule has 7 nitrogen and oxygen atoms in total. The molecule has 0 saturated carbocycles. The summed E-state index contributed by atoms with van der Waals surface area (Å²) in [5.41, 5.74) is 2.08. The lowest BCUT2D eigenvalue weighted by Gasteiger charge is -2.35. The predicted octanol–water partition coefficient (Wildman–Crippen LogP) is 5.10. The molecule has 1 aromatic rings. The smallest absolute Gasteiger partial charge is 0.408 e. The molecule has 2 N–H and O–H groups in total. The maximum absolute atomic E-state index is 13.9. The highest BCUT2D eigenvalue weighted by Crippen LogP contribution is 2.28. The van der Waals surface area contributed by atoms with E-state index in [1.807, 2.05) is 45.9 Å². The third kappa shape index (κ3) is 10.1. The molecule has 2 atom stereocenters. The highest BCUT2D eigenvalue weighted by Gasteiger charge is 2.36. The summed E-state index contributed by atoms with van der Waals surface area (Å²) in [6.07, 6.45) is 3.10. The van der Waals surface area contributed by atoms with E-state index in [4.69, 9.17) is 4.74 Å². The van der Waals surface area contributed by atoms with Crippen molar-refractivity contribution in [1.29, 1.82) is 0 Å². The molecular formula is C27H45N3O4S. The van der Waals surface area contributed by atoms with Crippen LogP contribution in [-0.4, -0.2) is 52.8 Å². The Morgan fingerprint density at radius 1 is 1.06 bits per heavy atom. The van der Waals surface area contributed by atoms with Gasteiger partial charge in [-0.15, -0.1) is 0 Å². The van der Waals surface area contributed by atoms with Crippen LogP contribution in [0.5, 0.6) is 0 Å². The summed E-state index contributed by atoms with van der Waals surface area (Å²) in [5, 5.41) is 5.65. The zero-order chi connectivity index (χ0) is 26.8. The number of ether oxygens (including phenoxy) is 1. The second-order valence-electron chi connectivity index (χ2n) is 10.3. The standard InChI is InChI=1S/C27H45N3O4S/c1-9-10-11-12-16-30(25(32)22(17-35)29-26(33)34-27(6,7)8)23(24(31)28-18(2)3)21-15-13-14-19(4)20(21)5/h13-15,18,22-23,35H,9-12,16-17H2,1-8H3,(H,28,31)(H,29,33). The van der Waals surface area contributed by atoms with Crippen molar-refractivity contribution in [2.24, 2.45) is 0 Å². The normalized spacial score (nSPS) is 13.2. The van der Waals surface area contributed by atoms with Gasteiger partial charge in [0.1, 0.15) is 17.7 Å². The lowest BCUT2D eigenvalue weighted by molar-refractivity contribution is -0.142. The van der Waals surface area contributed by atoms with E-state index in [2.05, 4.69) is 30.2 Å². The van der Waals surface area contributed by atoms with Gasteiger partial charge in [0.15, 0.2) is 0 Å². The number of rotatable bonds is 12. The van der Waals surface area contributed by atoms with Gasteiger partial charge >= 0.3 is 6.09 Å². The first-order chi connectivity index (χ1) is 16.3. The maximum atomic E-state index is 13.9. The third-order valence-electron chi connectivity index (χ3n) is 5.64. The van der Waals surface area contributed by atoms with Gasteiger partial charge < -0.3 is 20.3 Å². The fraction of sp³-hybridized carbons (Fsp3) is 0.667. The number of unbranched alkanes of at least 4 members (excludes halogenated alkanes) is 3. The van der Waals surface area contributed by atoms with Crippen molar-refractivity contribution < 1.29 is 19.1 Å². The van der Waals surface area contributed by atoms with Crippen LogP contribution in [0.25, 0.3) is 0 Å². The van der Waals surface area contributed by atoms with Crippen molar-refractivity contribution in [3.8, 4) is 0 Å². The molecule has 1 rings (SSSR count). The molecule has 0 bridgehead atoms. The zero-order valence-electron chi connectivity index (χ0n) is 22.7. The van der Waals surface area contributed by atoms with Crippen molar-refractivity contribution in [3.05, 3.63) is 34.9 Å². The van der Waals surface area contributed by atoms with Gasteiger partial charge in [0.05, 0.1) is 0 Å². The van der Waals surface area contributed by atoms with Crippen molar-refractivity contribution in [1.82, 2.24) is 15.5 Å². The Labute approximate surface area is 217 Å². The van der Waals surface area contributed by atoms with Crippen LogP contribution >= 0.6 is 12.6 Å². The second-order valence-corrected chi connectivity index (χ2v) is 10.7. The SMILES string of the molecule is CCCCCCN(C(=O)C(CS)NC(=O)OC(C)(C)C)C(C(=O)NC(C)C)c1cccc(C)c1C. The Balaban J connectivity index is 3.45. The van der Waals surface area contributed by atoms with Gasteiger partial charge in [-0.2, -0.15) is 12.6 Å². The fourth-order valence-corrected chi connectivity index (χ4v) is 4.04. The van der Waals surface area contributed by atoms with Gasteiger partial charge in [-0.25, -0.2) is 4.79 Å². The lowest BCUT2D eigenvalue weighted by atomic mass is 9.94. The quantitative estimate of drug-likeness (QED) is 0.271. The minimum Gasteiger partial charge on any atom is -0.444 e. The van der Waals surface area contributed by atoms with Crippen molar-refractivity contribution in [2.75, 3.05) is 12.3 Å². The Morgan fingerprint density at radius 2 is 1.71 bits per heavy atom. The summed E-state index contributed by atoms with van der Waals surface area (Å²) < 4.78 is 5.36. The molecule has 2 unspecified atom stereocenters. The number of hydrogen-bond donors (Lipinski definition) is 3. The van der Waals surface area contributed by atoms with E-state index in [-0.39, 0.29) is 23.6 Å². The number of nitrogens with zero attached hydrogens (tertiary/aromatic N) is 1. The van der Waals surface area contributed by atoms with Crippen LogP contribution in [0.2, 0.25) is 0 Å². The van der Waals surface area contributed by atoms with Crippen molar-refractivity contribution in [3.63, 3.8) is 0 Å². The van der Waals surface area contributed by atoms with Crippen LogP contribution in [-0.2, 0) is 14.3 Å². The summed E-state index contributed by atoms with van der Waals surface area (Å²) in [7, 11) is 0. The minimum absolute atomic E-state index is 0.0782. The van der Waals surface area contributed by atoms with Crippen LogP contribution in [0, 0.1) is 13.8 Å². The highest BCUT2D eigenvalue weighted by atomic mass is 32.1. The van der Waals surface area contributed by atoms with Crippen LogP contribution in [0.1, 0.15) is 90.0 Å². The van der Waals surface area contributed by atoms with E-state index in [0.717, 1.165) is 42.4 Å². The number of benzene rings is 1. The van der Waals surface area contributed by atoms with E-state index < -0.39 is 23.8 Å². The molecular weight excluding hydrogens is 462 g/mol. The summed E-state index contributed by atoms with van der Waals surface area (Å²) in [6.45, 7) is 15.5. The van der Waals surface area contributed by atoms with E-state index in [1.54, 1.807) is 25.7 Å². The first-order valence-electron chi connectivity index (χ1n) is 12.6. The summed E-state index contributed by atoms with van der Waals surface area (Å²) >= 11 is 4.34. The number of carbonyl (C=O) groups is 3. The van der Waals surface area contributed by atoms with E-state index in [1.165, 1.54) is 0 Å². The van der Waals surface area contributed by atoms with Gasteiger partial charge in [0.25, 0.3) is 0 Å². The van der Waals surface area contributed by atoms with Crippen molar-refractivity contribution >= 4 is 30.5 Å². The maximum Gasteiger partial charge on any atom is 0.408 e. The average Bonchev–Trinajstić information content (AvgIpc) is 2.74. The molecule has 0 spiro atoms. The molecule has 0 aromatic heterocycles. The van der Waals surface area contributed by atoms with Crippen LogP contribution in [0.3, 0.4) is 0 Å². The number of thiol groups is 1. The second kappa shape index (κ2) is 14.4. The number of aryl methyl sites for hydroxylation is 1. The Bertz CT molecular complexity index is 851. The molecule has 3 amide bonds. The predicted molar refractivity (Wildman–Crippen MR) is 145 cm³/mol. The number of carbonyl (C=O) groups excluding carboxylic acids is 3. The largest absolute Gasteiger partial charge is 0.444 e. The molecule has 0 heterocycles. The molecule has 0 aliphatic rings. The molecule has 0 radical (unpaired) electrons. The molecule has 1 aromatic carbocycles. The van der Waals surface area contributed by atoms with E-state index in [0.29, 0.717) is 6.54 Å². The van der Waals surface area contributed by atoms with Gasteiger partial charge in [-0.05, 0) is 71.6 Å². The first-order valence-corrected chi connectivity index (χ1v) is 13.2. The number of hydrogen-bond acceptors (Lipinski definition) is 5. The van der Waals surface area contributed by atoms with E-state index >= 15 is 0 Å². The summed E-state index contributed by atoms with van der Waals surface area (Å²) in [5.74, 6) is -0.519. The van der Waals surface area contributed by atoms with Crippen LogP contribution in [0.15, 0.2) is 18.2 Å². The molecule has 8 heteroatoms. The Hall–Kier alpha value is -2.22. The number of nitrogens with one attached hydrogen (secondary N) is 2. The topological polar surface area (TPSA) is 87.7 Å². The zero-order valence-corrected chi connectivity index (χ0v) is 23.6. The molecule has 0 fully saturated rings. The molecule has 0 aliphatic carbocycles. The van der Waals surface area contributed by atoms with E-state index in [9.17, 15) is 14.4 Å². The molecule has 35 heavy (non-hydrogen) atoms. The number of amides is 3. The first kappa shape index (κ1) is 30.8. The van der Waals surface area contributed by atoms with Gasteiger partial charge in [-0.3, -0.25) is 9.59 Å². The summed E-state index contributed by atoms with van der Waals surface area (Å²) in [4.78, 5) is 41.5. The fourth-order valence-electron chi connectivity index (χ4n) is 3.80. The van der Waals surface area contributed by atoms with Crippen LogP contribution < -0.4 is 10.6 Å². The number of alkyl carbamates (subject to hydrolysis) is 1.